The molecule has 0 bridgehead atoms. The Morgan fingerprint density at radius 1 is 1.50 bits per heavy atom. The number of rotatable bonds is 4. The number of primary amides is 1. The minimum absolute atomic E-state index is 0.105. The van der Waals surface area contributed by atoms with E-state index in [9.17, 15) is 4.79 Å². The van der Waals surface area contributed by atoms with Crippen molar-refractivity contribution in [3.8, 4) is 0 Å². The molecule has 1 amide bonds. The first-order chi connectivity index (χ1) is 9.52. The predicted molar refractivity (Wildman–Crippen MR) is 79.9 cm³/mol. The lowest BCUT2D eigenvalue weighted by molar-refractivity contribution is -0.122. The maximum Gasteiger partial charge on any atom is 0.222 e. The van der Waals surface area contributed by atoms with Crippen LogP contribution in [0.5, 0.6) is 0 Å². The van der Waals surface area contributed by atoms with Gasteiger partial charge in [-0.3, -0.25) is 4.79 Å². The van der Waals surface area contributed by atoms with Crippen LogP contribution in [0.1, 0.15) is 37.6 Å². The number of piperidine rings is 1. The third kappa shape index (κ3) is 3.20. The molecule has 0 aliphatic carbocycles. The number of carbonyl (C=O) groups excluding carboxylic acids is 1. The Labute approximate surface area is 124 Å². The van der Waals surface area contributed by atoms with E-state index in [4.69, 9.17) is 17.3 Å². The first kappa shape index (κ1) is 15.0. The fourth-order valence-corrected chi connectivity index (χ4v) is 2.75. The Balaban J connectivity index is 2.28. The molecule has 0 radical (unpaired) electrons. The van der Waals surface area contributed by atoms with E-state index < -0.39 is 0 Å². The van der Waals surface area contributed by atoms with Crippen LogP contribution in [0.2, 0.25) is 5.15 Å². The molecule has 5 nitrogen and oxygen atoms in total. The van der Waals surface area contributed by atoms with Crippen molar-refractivity contribution >= 4 is 23.3 Å². The summed E-state index contributed by atoms with van der Waals surface area (Å²) in [7, 11) is 0. The SMILES string of the molecule is CCCc1nc(Cl)c(C)c(N2CCCC(C(N)=O)C2)n1. The summed E-state index contributed by atoms with van der Waals surface area (Å²) in [6.45, 7) is 5.50. The van der Waals surface area contributed by atoms with Gasteiger partial charge < -0.3 is 10.6 Å². The van der Waals surface area contributed by atoms with Crippen LogP contribution in [0.25, 0.3) is 0 Å². The highest BCUT2D eigenvalue weighted by Gasteiger charge is 2.26. The molecule has 0 saturated carbocycles. The summed E-state index contributed by atoms with van der Waals surface area (Å²) in [4.78, 5) is 22.4. The highest BCUT2D eigenvalue weighted by atomic mass is 35.5. The molecular weight excluding hydrogens is 276 g/mol. The van der Waals surface area contributed by atoms with Crippen LogP contribution in [0.3, 0.4) is 0 Å². The van der Waals surface area contributed by atoms with Gasteiger partial charge in [0, 0.05) is 25.1 Å². The van der Waals surface area contributed by atoms with Crippen molar-refractivity contribution in [2.45, 2.75) is 39.5 Å². The Morgan fingerprint density at radius 3 is 2.90 bits per heavy atom. The molecule has 1 aromatic heterocycles. The average molecular weight is 297 g/mol. The van der Waals surface area contributed by atoms with Crippen LogP contribution in [-0.4, -0.2) is 29.0 Å². The van der Waals surface area contributed by atoms with Crippen molar-refractivity contribution in [1.29, 1.82) is 0 Å². The lowest BCUT2D eigenvalue weighted by Crippen LogP contribution is -2.42. The van der Waals surface area contributed by atoms with Gasteiger partial charge in [0.1, 0.15) is 16.8 Å². The Kier molecular flexibility index (Phi) is 4.81. The summed E-state index contributed by atoms with van der Waals surface area (Å²) in [5, 5.41) is 0.500. The third-order valence-electron chi connectivity index (χ3n) is 3.70. The van der Waals surface area contributed by atoms with Crippen molar-refractivity contribution in [3.05, 3.63) is 16.5 Å². The minimum atomic E-state index is -0.235. The smallest absolute Gasteiger partial charge is 0.222 e. The zero-order valence-electron chi connectivity index (χ0n) is 12.0. The van der Waals surface area contributed by atoms with Gasteiger partial charge >= 0.3 is 0 Å². The van der Waals surface area contributed by atoms with Crippen molar-refractivity contribution in [3.63, 3.8) is 0 Å². The molecule has 1 aromatic rings. The van der Waals surface area contributed by atoms with E-state index in [0.29, 0.717) is 11.7 Å². The van der Waals surface area contributed by atoms with Gasteiger partial charge in [0.05, 0.1) is 5.92 Å². The normalized spacial score (nSPS) is 19.1. The lowest BCUT2D eigenvalue weighted by Gasteiger charge is -2.33. The molecule has 1 fully saturated rings. The Morgan fingerprint density at radius 2 is 2.25 bits per heavy atom. The average Bonchev–Trinajstić information content (AvgIpc) is 2.43. The summed E-state index contributed by atoms with van der Waals surface area (Å²) in [6.07, 6.45) is 3.58. The van der Waals surface area contributed by atoms with E-state index in [1.165, 1.54) is 0 Å². The van der Waals surface area contributed by atoms with Crippen LogP contribution in [-0.2, 0) is 11.2 Å². The molecule has 1 saturated heterocycles. The number of nitrogens with two attached hydrogens (primary N) is 1. The van der Waals surface area contributed by atoms with E-state index in [1.54, 1.807) is 0 Å². The first-order valence-electron chi connectivity index (χ1n) is 7.10. The summed E-state index contributed by atoms with van der Waals surface area (Å²) >= 11 is 6.20. The number of aryl methyl sites for hydroxylation is 1. The molecule has 0 aromatic carbocycles. The van der Waals surface area contributed by atoms with Gasteiger partial charge in [-0.1, -0.05) is 18.5 Å². The highest BCUT2D eigenvalue weighted by molar-refractivity contribution is 6.30. The fourth-order valence-electron chi connectivity index (χ4n) is 2.57. The summed E-state index contributed by atoms with van der Waals surface area (Å²) in [5.41, 5.74) is 6.30. The second kappa shape index (κ2) is 6.39. The van der Waals surface area contributed by atoms with Crippen LogP contribution in [0, 0.1) is 12.8 Å². The van der Waals surface area contributed by atoms with Crippen LogP contribution < -0.4 is 10.6 Å². The number of halogens is 1. The maximum absolute atomic E-state index is 11.4. The summed E-state index contributed by atoms with van der Waals surface area (Å²) < 4.78 is 0. The largest absolute Gasteiger partial charge is 0.369 e. The van der Waals surface area contributed by atoms with Crippen LogP contribution in [0.15, 0.2) is 0 Å². The van der Waals surface area contributed by atoms with Gasteiger partial charge in [0.15, 0.2) is 0 Å². The molecule has 1 aliphatic rings. The molecule has 0 spiro atoms. The third-order valence-corrected chi connectivity index (χ3v) is 4.07. The number of amides is 1. The zero-order chi connectivity index (χ0) is 14.7. The van der Waals surface area contributed by atoms with Gasteiger partial charge in [0.2, 0.25) is 5.91 Å². The van der Waals surface area contributed by atoms with Crippen LogP contribution in [0.4, 0.5) is 5.82 Å². The second-order valence-electron chi connectivity index (χ2n) is 5.32. The first-order valence-corrected chi connectivity index (χ1v) is 7.48. The number of carbonyl (C=O) groups is 1. The van der Waals surface area contributed by atoms with Gasteiger partial charge in [-0.05, 0) is 26.2 Å². The number of hydrogen-bond donors (Lipinski definition) is 1. The molecule has 2 heterocycles. The monoisotopic (exact) mass is 296 g/mol. The van der Waals surface area contributed by atoms with Gasteiger partial charge in [-0.25, -0.2) is 9.97 Å². The van der Waals surface area contributed by atoms with E-state index in [1.807, 2.05) is 6.92 Å². The quantitative estimate of drug-likeness (QED) is 0.864. The van der Waals surface area contributed by atoms with E-state index >= 15 is 0 Å². The Bertz CT molecular complexity index is 506. The second-order valence-corrected chi connectivity index (χ2v) is 5.67. The minimum Gasteiger partial charge on any atom is -0.369 e. The number of anilines is 1. The Hall–Kier alpha value is -1.36. The van der Waals surface area contributed by atoms with Crippen molar-refractivity contribution in [2.75, 3.05) is 18.0 Å². The van der Waals surface area contributed by atoms with E-state index in [-0.39, 0.29) is 11.8 Å². The maximum atomic E-state index is 11.4. The van der Waals surface area contributed by atoms with Gasteiger partial charge in [-0.2, -0.15) is 0 Å². The molecule has 20 heavy (non-hydrogen) atoms. The van der Waals surface area contributed by atoms with Crippen molar-refractivity contribution < 1.29 is 4.79 Å². The molecule has 1 unspecified atom stereocenters. The molecular formula is C14H21ClN4O. The lowest BCUT2D eigenvalue weighted by atomic mass is 9.97. The number of nitrogens with zero attached hydrogens (tertiary/aromatic N) is 3. The van der Waals surface area contributed by atoms with Gasteiger partial charge in [-0.15, -0.1) is 0 Å². The zero-order valence-corrected chi connectivity index (χ0v) is 12.8. The van der Waals surface area contributed by atoms with E-state index in [0.717, 1.165) is 49.4 Å². The van der Waals surface area contributed by atoms with E-state index in [2.05, 4.69) is 21.8 Å². The predicted octanol–water partition coefficient (Wildman–Crippen LogP) is 2.09. The topological polar surface area (TPSA) is 72.1 Å². The molecule has 2 rings (SSSR count). The summed E-state index contributed by atoms with van der Waals surface area (Å²) in [6, 6.07) is 0. The van der Waals surface area contributed by atoms with Crippen molar-refractivity contribution in [2.24, 2.45) is 11.7 Å². The summed E-state index contributed by atoms with van der Waals surface area (Å²) in [5.74, 6) is 1.27. The molecule has 2 N–H and O–H groups in total. The number of hydrogen-bond acceptors (Lipinski definition) is 4. The van der Waals surface area contributed by atoms with Gasteiger partial charge in [0.25, 0.3) is 0 Å². The molecule has 1 aliphatic heterocycles. The molecule has 1 atom stereocenters. The highest BCUT2D eigenvalue weighted by Crippen LogP contribution is 2.28. The molecule has 110 valence electrons. The van der Waals surface area contributed by atoms with Crippen molar-refractivity contribution in [1.82, 2.24) is 9.97 Å². The number of aromatic nitrogens is 2. The fraction of sp³-hybridized carbons (Fsp3) is 0.643. The molecule has 6 heteroatoms. The standard InChI is InChI=1S/C14H21ClN4O/c1-3-5-11-17-12(15)9(2)14(18-11)19-7-4-6-10(8-19)13(16)20/h10H,3-8H2,1-2H3,(H2,16,20). The van der Waals surface area contributed by atoms with Crippen LogP contribution >= 0.6 is 11.6 Å².